The Morgan fingerprint density at radius 1 is 1.31 bits per heavy atom. The van der Waals surface area contributed by atoms with Gasteiger partial charge in [0.2, 0.25) is 15.9 Å². The van der Waals surface area contributed by atoms with Crippen LogP contribution in [-0.4, -0.2) is 30.3 Å². The molecular formula is C22H22BrF2N3O6S. The summed E-state index contributed by atoms with van der Waals surface area (Å²) in [5, 5.41) is 16.6. The highest BCUT2D eigenvalue weighted by molar-refractivity contribution is 9.10. The highest BCUT2D eigenvalue weighted by atomic mass is 79.9. The predicted molar refractivity (Wildman–Crippen MR) is 124 cm³/mol. The number of nitrogens with one attached hydrogen (secondary N) is 2. The molecule has 1 aromatic heterocycles. The lowest BCUT2D eigenvalue weighted by molar-refractivity contribution is 0.00964. The fourth-order valence-corrected chi connectivity index (χ4v) is 5.84. The normalized spacial score (nSPS) is 21.3. The van der Waals surface area contributed by atoms with E-state index in [0.29, 0.717) is 16.1 Å². The van der Waals surface area contributed by atoms with Crippen LogP contribution >= 0.6 is 15.9 Å². The van der Waals surface area contributed by atoms with Gasteiger partial charge in [-0.15, -0.1) is 5.10 Å². The highest BCUT2D eigenvalue weighted by Crippen LogP contribution is 2.43. The summed E-state index contributed by atoms with van der Waals surface area (Å²) >= 11 is 3.31. The number of sulfonamides is 1. The molecule has 35 heavy (non-hydrogen) atoms. The van der Waals surface area contributed by atoms with Crippen molar-refractivity contribution in [3.8, 4) is 5.75 Å². The van der Waals surface area contributed by atoms with E-state index in [1.165, 1.54) is 19.1 Å². The summed E-state index contributed by atoms with van der Waals surface area (Å²) in [6.07, 6.45) is -0.510. The fraction of sp³-hybridized carbons (Fsp3) is 0.364. The van der Waals surface area contributed by atoms with Crippen LogP contribution in [0.25, 0.3) is 0 Å². The Labute approximate surface area is 211 Å². The Bertz CT molecular complexity index is 1560. The molecule has 1 aliphatic heterocycles. The van der Waals surface area contributed by atoms with E-state index in [2.05, 4.69) is 25.8 Å². The standard InChI is InChI=1S/C22H22BrF2N3O6S/c1-10-12(23)4-5-13(24)16(10)11(2)18(20-26-27-21(29)34-20)28-35(31,32)15-7-6-14(25)17-19(15)33-9-8-22(17,3)30/h4-7,11,18,28,30H,8-9H2,1-3H3,(H,27,29)/t11-,18+,22?/m1/s1/i3D3. The average Bonchev–Trinajstić information content (AvgIpc) is 3.25. The van der Waals surface area contributed by atoms with Crippen LogP contribution in [0.2, 0.25) is 0 Å². The van der Waals surface area contributed by atoms with E-state index >= 15 is 0 Å². The van der Waals surface area contributed by atoms with Gasteiger partial charge >= 0.3 is 5.76 Å². The van der Waals surface area contributed by atoms with Crippen molar-refractivity contribution >= 4 is 26.0 Å². The number of rotatable bonds is 6. The van der Waals surface area contributed by atoms with E-state index in [1.54, 1.807) is 6.92 Å². The van der Waals surface area contributed by atoms with Crippen molar-refractivity contribution in [2.75, 3.05) is 6.61 Å². The summed E-state index contributed by atoms with van der Waals surface area (Å²) < 4.78 is 93.4. The van der Waals surface area contributed by atoms with Crippen LogP contribution in [0.4, 0.5) is 8.78 Å². The molecule has 0 fully saturated rings. The monoisotopic (exact) mass is 576 g/mol. The van der Waals surface area contributed by atoms with E-state index in [0.717, 1.165) is 6.07 Å². The quantitative estimate of drug-likeness (QED) is 0.408. The molecule has 2 aromatic carbocycles. The lowest BCUT2D eigenvalue weighted by Gasteiger charge is -2.32. The van der Waals surface area contributed by atoms with Crippen molar-refractivity contribution in [1.82, 2.24) is 14.9 Å². The number of fused-ring (bicyclic) bond motifs is 1. The average molecular weight is 577 g/mol. The van der Waals surface area contributed by atoms with Crippen molar-refractivity contribution in [2.45, 2.75) is 49.6 Å². The highest BCUT2D eigenvalue weighted by Gasteiger charge is 2.40. The predicted octanol–water partition coefficient (Wildman–Crippen LogP) is 3.53. The lowest BCUT2D eigenvalue weighted by atomic mass is 9.90. The number of nitrogens with zero attached hydrogens (tertiary/aromatic N) is 1. The summed E-state index contributed by atoms with van der Waals surface area (Å²) in [6, 6.07) is 2.73. The number of H-pyrrole nitrogens is 1. The summed E-state index contributed by atoms with van der Waals surface area (Å²) in [4.78, 5) is 11.0. The van der Waals surface area contributed by atoms with E-state index in [9.17, 15) is 27.1 Å². The van der Waals surface area contributed by atoms with Crippen LogP contribution in [0.3, 0.4) is 0 Å². The maximum atomic E-state index is 14.9. The molecule has 9 nitrogen and oxygen atoms in total. The van der Waals surface area contributed by atoms with Crippen LogP contribution in [0.5, 0.6) is 5.75 Å². The van der Waals surface area contributed by atoms with Gasteiger partial charge in [-0.25, -0.2) is 27.1 Å². The molecule has 188 valence electrons. The van der Waals surface area contributed by atoms with E-state index in [1.807, 2.05) is 5.10 Å². The van der Waals surface area contributed by atoms with Gasteiger partial charge in [-0.1, -0.05) is 22.9 Å². The third-order valence-electron chi connectivity index (χ3n) is 5.84. The third-order valence-corrected chi connectivity index (χ3v) is 8.16. The molecule has 1 aliphatic rings. The zero-order chi connectivity index (χ0) is 28.2. The number of aliphatic hydroxyl groups is 1. The minimum absolute atomic E-state index is 0.0897. The second-order valence-electron chi connectivity index (χ2n) is 8.12. The molecule has 1 unspecified atom stereocenters. The second-order valence-corrected chi connectivity index (χ2v) is 10.7. The Kier molecular flexibility index (Phi) is 5.64. The van der Waals surface area contributed by atoms with Gasteiger partial charge in [-0.2, -0.15) is 4.72 Å². The van der Waals surface area contributed by atoms with Crippen LogP contribution in [0.15, 0.2) is 42.8 Å². The number of ether oxygens (including phenoxy) is 1. The van der Waals surface area contributed by atoms with Gasteiger partial charge in [0.1, 0.15) is 28.3 Å². The molecule has 0 bridgehead atoms. The fourth-order valence-electron chi connectivity index (χ4n) is 4.07. The zero-order valence-electron chi connectivity index (χ0n) is 21.4. The lowest BCUT2D eigenvalue weighted by Crippen LogP contribution is -2.35. The first-order valence-electron chi connectivity index (χ1n) is 11.8. The number of hydrogen-bond acceptors (Lipinski definition) is 7. The van der Waals surface area contributed by atoms with Crippen LogP contribution in [0, 0.1) is 18.6 Å². The topological polar surface area (TPSA) is 135 Å². The Morgan fingerprint density at radius 3 is 2.69 bits per heavy atom. The Morgan fingerprint density at radius 2 is 2.03 bits per heavy atom. The number of aromatic amines is 1. The summed E-state index contributed by atoms with van der Waals surface area (Å²) in [5.41, 5.74) is -3.00. The molecule has 3 aromatic rings. The Balaban J connectivity index is 1.86. The number of benzene rings is 2. The van der Waals surface area contributed by atoms with Crippen molar-refractivity contribution in [2.24, 2.45) is 0 Å². The van der Waals surface area contributed by atoms with Crippen LogP contribution < -0.4 is 15.2 Å². The van der Waals surface area contributed by atoms with Gasteiger partial charge in [0.15, 0.2) is 0 Å². The molecule has 13 heteroatoms. The van der Waals surface area contributed by atoms with E-state index in [4.69, 9.17) is 13.3 Å². The minimum atomic E-state index is -4.73. The molecule has 2 heterocycles. The Hall–Kier alpha value is -2.61. The molecule has 0 spiro atoms. The van der Waals surface area contributed by atoms with E-state index < -0.39 is 87.0 Å². The molecule has 3 N–H and O–H groups in total. The maximum absolute atomic E-state index is 14.9. The zero-order valence-corrected chi connectivity index (χ0v) is 20.8. The van der Waals surface area contributed by atoms with Crippen molar-refractivity contribution in [3.63, 3.8) is 0 Å². The molecule has 3 atom stereocenters. The van der Waals surface area contributed by atoms with Gasteiger partial charge in [0.25, 0.3) is 0 Å². The van der Waals surface area contributed by atoms with Gasteiger partial charge in [0, 0.05) is 20.9 Å². The maximum Gasteiger partial charge on any atom is 0.434 e. The van der Waals surface area contributed by atoms with Crippen molar-refractivity contribution < 1.29 is 35.6 Å². The smallest absolute Gasteiger partial charge is 0.434 e. The number of aromatic nitrogens is 2. The largest absolute Gasteiger partial charge is 0.492 e. The second kappa shape index (κ2) is 9.12. The molecular weight excluding hydrogens is 552 g/mol. The van der Waals surface area contributed by atoms with Gasteiger partial charge in [0.05, 0.1) is 17.8 Å². The summed E-state index contributed by atoms with van der Waals surface area (Å²) in [7, 11) is -4.73. The van der Waals surface area contributed by atoms with Crippen molar-refractivity contribution in [3.05, 3.63) is 73.5 Å². The summed E-state index contributed by atoms with van der Waals surface area (Å²) in [6.45, 7) is -0.438. The SMILES string of the molecule is [2H]C([2H])([2H])C1(O)CCOc2c(S(=O)(=O)N[C@H](c3n[nH]c(=O)o3)[C@H](C)c3c(F)ccc(Br)c3C)ccc(F)c21. The number of halogens is 3. The number of hydrogen-bond donors (Lipinski definition) is 3. The third kappa shape index (κ3) is 4.65. The van der Waals surface area contributed by atoms with E-state index in [-0.39, 0.29) is 5.56 Å². The molecule has 0 radical (unpaired) electrons. The van der Waals surface area contributed by atoms with Crippen molar-refractivity contribution in [1.29, 1.82) is 0 Å². The van der Waals surface area contributed by atoms with Gasteiger partial charge in [-0.05, 0) is 49.2 Å². The first-order valence-corrected chi connectivity index (χ1v) is 12.6. The first-order chi connectivity index (χ1) is 17.6. The molecule has 0 saturated carbocycles. The molecule has 4 rings (SSSR count). The summed E-state index contributed by atoms with van der Waals surface area (Å²) in [5.74, 6) is -4.93. The molecule has 0 saturated heterocycles. The van der Waals surface area contributed by atoms with Crippen LogP contribution in [0.1, 0.15) is 58.8 Å². The molecule has 0 aliphatic carbocycles. The van der Waals surface area contributed by atoms with Gasteiger partial charge in [-0.3, -0.25) is 0 Å². The molecule has 0 amide bonds. The minimum Gasteiger partial charge on any atom is -0.492 e. The van der Waals surface area contributed by atoms with Gasteiger partial charge < -0.3 is 14.3 Å². The first kappa shape index (κ1) is 21.7. The van der Waals surface area contributed by atoms with Crippen LogP contribution in [-0.2, 0) is 15.6 Å².